The second-order valence-electron chi connectivity index (χ2n) is 6.40. The molecule has 0 aliphatic carbocycles. The molecule has 176 valence electrons. The lowest BCUT2D eigenvalue weighted by molar-refractivity contribution is -0.122. The number of nitrogens with two attached hydrogens (primary N) is 1. The molecule has 0 bridgehead atoms. The summed E-state index contributed by atoms with van der Waals surface area (Å²) >= 11 is 1.49. The van der Waals surface area contributed by atoms with E-state index in [1.807, 2.05) is 57.4 Å². The van der Waals surface area contributed by atoms with Gasteiger partial charge in [-0.15, -0.1) is 0 Å². The van der Waals surface area contributed by atoms with Crippen molar-refractivity contribution in [1.82, 2.24) is 15.4 Å². The summed E-state index contributed by atoms with van der Waals surface area (Å²) in [5.74, 6) is 0.132. The van der Waals surface area contributed by atoms with Crippen LogP contribution in [0.3, 0.4) is 0 Å². The van der Waals surface area contributed by atoms with Gasteiger partial charge in [-0.2, -0.15) is 0 Å². The van der Waals surface area contributed by atoms with Crippen LogP contribution in [0.2, 0.25) is 0 Å². The van der Waals surface area contributed by atoms with E-state index in [9.17, 15) is 9.59 Å². The summed E-state index contributed by atoms with van der Waals surface area (Å²) in [5.41, 5.74) is 8.22. The fourth-order valence-corrected chi connectivity index (χ4v) is 3.11. The molecule has 8 heteroatoms. The van der Waals surface area contributed by atoms with Crippen molar-refractivity contribution in [3.63, 3.8) is 0 Å². The van der Waals surface area contributed by atoms with Crippen molar-refractivity contribution in [1.29, 1.82) is 5.41 Å². The van der Waals surface area contributed by atoms with Crippen molar-refractivity contribution in [2.45, 2.75) is 46.2 Å². The quantitative estimate of drug-likeness (QED) is 0.153. The van der Waals surface area contributed by atoms with Gasteiger partial charge < -0.3 is 16.4 Å². The largest absolute Gasteiger partial charge is 0.384 e. The van der Waals surface area contributed by atoms with Crippen LogP contribution < -0.4 is 21.1 Å². The fraction of sp³-hybridized carbons (Fsp3) is 0.375. The predicted molar refractivity (Wildman–Crippen MR) is 136 cm³/mol. The summed E-state index contributed by atoms with van der Waals surface area (Å²) in [6.07, 6.45) is 4.32. The average molecular weight is 460 g/mol. The highest BCUT2D eigenvalue weighted by atomic mass is 32.2. The minimum Gasteiger partial charge on any atom is -0.384 e. The van der Waals surface area contributed by atoms with Crippen molar-refractivity contribution in [3.05, 3.63) is 71.3 Å². The number of hydrogen-bond acceptors (Lipinski definition) is 5. The summed E-state index contributed by atoms with van der Waals surface area (Å²) in [6.45, 7) is 7.11. The Morgan fingerprint density at radius 2 is 1.72 bits per heavy atom. The normalized spacial score (nSPS) is 10.4. The minimum atomic E-state index is -0.120. The number of hydrogen-bond donors (Lipinski definition) is 5. The molecule has 7 nitrogen and oxygen atoms in total. The number of benzene rings is 2. The van der Waals surface area contributed by atoms with Gasteiger partial charge >= 0.3 is 0 Å². The van der Waals surface area contributed by atoms with Gasteiger partial charge in [-0.1, -0.05) is 80.4 Å². The van der Waals surface area contributed by atoms with Crippen LogP contribution in [0.4, 0.5) is 0 Å². The van der Waals surface area contributed by atoms with Crippen LogP contribution in [-0.2, 0) is 22.6 Å². The number of amidine groups is 1. The van der Waals surface area contributed by atoms with E-state index in [0.29, 0.717) is 25.1 Å². The maximum atomic E-state index is 11.8. The lowest BCUT2D eigenvalue weighted by Crippen LogP contribution is -2.41. The van der Waals surface area contributed by atoms with E-state index in [-0.39, 0.29) is 17.8 Å². The molecule has 6 N–H and O–H groups in total. The van der Waals surface area contributed by atoms with Crippen LogP contribution in [0.1, 0.15) is 43.9 Å². The molecule has 2 rings (SSSR count). The van der Waals surface area contributed by atoms with Crippen molar-refractivity contribution < 1.29 is 9.59 Å². The van der Waals surface area contributed by atoms with Crippen LogP contribution in [0.15, 0.2) is 54.6 Å². The first-order chi connectivity index (χ1) is 15.5. The van der Waals surface area contributed by atoms with Gasteiger partial charge in [0.2, 0.25) is 12.3 Å². The van der Waals surface area contributed by atoms with Gasteiger partial charge in [-0.25, -0.2) is 0 Å². The van der Waals surface area contributed by atoms with E-state index in [2.05, 4.69) is 27.5 Å². The van der Waals surface area contributed by atoms with Crippen molar-refractivity contribution in [2.75, 3.05) is 12.8 Å². The molecule has 32 heavy (non-hydrogen) atoms. The number of likely N-dealkylation sites (N-methyl/N-ethyl adjacent to an activating group) is 1. The molecular weight excluding hydrogens is 422 g/mol. The zero-order valence-corrected chi connectivity index (χ0v) is 20.3. The molecule has 1 atom stereocenters. The lowest BCUT2D eigenvalue weighted by Gasteiger charge is -2.16. The Kier molecular flexibility index (Phi) is 17.2. The number of rotatable bonds is 11. The summed E-state index contributed by atoms with van der Waals surface area (Å²) in [7, 11) is 0. The van der Waals surface area contributed by atoms with E-state index in [4.69, 9.17) is 11.1 Å². The summed E-state index contributed by atoms with van der Waals surface area (Å²) < 4.78 is 3.14. The Bertz CT molecular complexity index is 770. The van der Waals surface area contributed by atoms with E-state index < -0.39 is 0 Å². The maximum Gasteiger partial charge on any atom is 0.237 e. The monoisotopic (exact) mass is 459 g/mol. The van der Waals surface area contributed by atoms with Crippen LogP contribution in [0.25, 0.3) is 0 Å². The molecule has 0 fully saturated rings. The van der Waals surface area contributed by atoms with Crippen molar-refractivity contribution in [3.8, 4) is 0 Å². The lowest BCUT2D eigenvalue weighted by atomic mass is 10.1. The van der Waals surface area contributed by atoms with Crippen LogP contribution >= 0.6 is 11.9 Å². The molecule has 2 aromatic rings. The van der Waals surface area contributed by atoms with E-state index >= 15 is 0 Å². The topological polar surface area (TPSA) is 120 Å². The van der Waals surface area contributed by atoms with Gasteiger partial charge in [0.15, 0.2) is 0 Å². The number of aryl methyl sites for hydroxylation is 1. The minimum absolute atomic E-state index is 0.0508. The van der Waals surface area contributed by atoms with Gasteiger partial charge in [0, 0.05) is 18.7 Å². The second-order valence-corrected chi connectivity index (χ2v) is 7.05. The molecule has 0 aliphatic heterocycles. The van der Waals surface area contributed by atoms with Crippen LogP contribution in [-0.4, -0.2) is 37.0 Å². The summed E-state index contributed by atoms with van der Waals surface area (Å²) in [4.78, 5) is 21.8. The molecular formula is C24H37N5O2S. The van der Waals surface area contributed by atoms with Gasteiger partial charge in [0.25, 0.3) is 0 Å². The number of nitrogen functional groups attached to an aromatic ring is 1. The molecule has 0 aliphatic rings. The van der Waals surface area contributed by atoms with Crippen molar-refractivity contribution >= 4 is 30.1 Å². The standard InChI is InChI=1S/C13H20N2OS.C9H11N3O.C2H6/c1-3-14-13(16)12(15-17-2)10-9-11-7-5-4-6-8-11;10-9(11)8-3-1-7(2-4-8)5-12-6-13;1-2/h4-8,12,15H,3,9-10H2,1-2H3,(H,14,16);1-4,6H,5H2,(H3,10,11)(H,12,13);1-2H3. The van der Waals surface area contributed by atoms with Gasteiger partial charge in [0.1, 0.15) is 5.84 Å². The molecule has 0 aromatic heterocycles. The Balaban J connectivity index is 0.000000574. The first kappa shape index (κ1) is 29.2. The highest BCUT2D eigenvalue weighted by Gasteiger charge is 2.16. The SMILES string of the molecule is CC.CCNC(=O)C(CCc1ccccc1)NSC.N=C(N)c1ccc(CNC=O)cc1. The summed E-state index contributed by atoms with van der Waals surface area (Å²) in [6, 6.07) is 17.3. The number of carbonyl (C=O) groups excluding carboxylic acids is 2. The Labute approximate surface area is 196 Å². The zero-order valence-electron chi connectivity index (χ0n) is 19.5. The van der Waals surface area contributed by atoms with E-state index in [1.54, 1.807) is 12.1 Å². The summed E-state index contributed by atoms with van der Waals surface area (Å²) in [5, 5.41) is 12.5. The molecule has 2 amide bonds. The number of nitrogens with one attached hydrogen (secondary N) is 4. The highest BCUT2D eigenvalue weighted by Crippen LogP contribution is 2.07. The van der Waals surface area contributed by atoms with Crippen LogP contribution in [0.5, 0.6) is 0 Å². The smallest absolute Gasteiger partial charge is 0.237 e. The Hall–Kier alpha value is -2.84. The first-order valence-electron chi connectivity index (χ1n) is 10.7. The molecule has 0 heterocycles. The molecule has 0 saturated carbocycles. The first-order valence-corrected chi connectivity index (χ1v) is 11.9. The number of carbonyl (C=O) groups is 2. The van der Waals surface area contributed by atoms with Gasteiger partial charge in [-0.05, 0) is 37.1 Å². The third-order valence-electron chi connectivity index (χ3n) is 4.15. The van der Waals surface area contributed by atoms with E-state index in [0.717, 1.165) is 18.4 Å². The number of amides is 2. The Morgan fingerprint density at radius 3 is 2.22 bits per heavy atom. The molecule has 0 radical (unpaired) electrons. The van der Waals surface area contributed by atoms with Crippen molar-refractivity contribution in [2.24, 2.45) is 5.73 Å². The molecule has 0 saturated heterocycles. The third-order valence-corrected chi connectivity index (χ3v) is 4.67. The van der Waals surface area contributed by atoms with E-state index in [1.165, 1.54) is 17.5 Å². The van der Waals surface area contributed by atoms with Gasteiger partial charge in [-0.3, -0.25) is 19.7 Å². The van der Waals surface area contributed by atoms with Crippen LogP contribution in [0, 0.1) is 5.41 Å². The fourth-order valence-electron chi connectivity index (χ4n) is 2.60. The highest BCUT2D eigenvalue weighted by molar-refractivity contribution is 7.96. The molecule has 0 spiro atoms. The second kappa shape index (κ2) is 18.9. The third kappa shape index (κ3) is 12.8. The molecule has 1 unspecified atom stereocenters. The predicted octanol–water partition coefficient (Wildman–Crippen LogP) is 3.23. The Morgan fingerprint density at radius 1 is 1.09 bits per heavy atom. The van der Waals surface area contributed by atoms with Gasteiger partial charge in [0.05, 0.1) is 6.04 Å². The zero-order chi connectivity index (χ0) is 24.2. The molecule has 2 aromatic carbocycles. The maximum absolute atomic E-state index is 11.8. The average Bonchev–Trinajstić information content (AvgIpc) is 2.83.